The molecule has 0 saturated carbocycles. The molecule has 0 bridgehead atoms. The molecule has 2 heterocycles. The Morgan fingerprint density at radius 2 is 2.05 bits per heavy atom. The number of rotatable bonds is 1. The van der Waals surface area contributed by atoms with Crippen LogP contribution in [-0.2, 0) is 19.4 Å². The Morgan fingerprint density at radius 3 is 2.91 bits per heavy atom. The molecule has 1 amide bonds. The number of benzene rings is 1. The second-order valence-electron chi connectivity index (χ2n) is 5.67. The monoisotopic (exact) mass is 334 g/mol. The number of carbonyl (C=O) groups is 1. The lowest BCUT2D eigenvalue weighted by atomic mass is 10.1. The Morgan fingerprint density at radius 1 is 1.18 bits per heavy atom. The van der Waals surface area contributed by atoms with E-state index >= 15 is 0 Å². The summed E-state index contributed by atoms with van der Waals surface area (Å²) in [7, 11) is 0. The maximum atomic E-state index is 12.9. The molecule has 0 radical (unpaired) electrons. The van der Waals surface area contributed by atoms with E-state index in [1.54, 1.807) is 11.3 Å². The number of thiophene rings is 1. The molecule has 3 nitrogen and oxygen atoms in total. The highest BCUT2D eigenvalue weighted by Crippen LogP contribution is 2.32. The summed E-state index contributed by atoms with van der Waals surface area (Å²) in [5.74, 6) is 0.158. The van der Waals surface area contributed by atoms with Crippen molar-refractivity contribution in [3.05, 3.63) is 51.2 Å². The minimum atomic E-state index is 0. The van der Waals surface area contributed by atoms with Crippen LogP contribution in [0.3, 0.4) is 0 Å². The number of para-hydroxylation sites is 1. The smallest absolute Gasteiger partial charge is 0.268 e. The second kappa shape index (κ2) is 6.41. The van der Waals surface area contributed by atoms with Gasteiger partial charge < -0.3 is 10.2 Å². The molecule has 0 saturated heterocycles. The Bertz CT molecular complexity index is 676. The van der Waals surface area contributed by atoms with Crippen LogP contribution in [0.15, 0.2) is 30.3 Å². The zero-order valence-electron chi connectivity index (χ0n) is 12.3. The van der Waals surface area contributed by atoms with Gasteiger partial charge in [-0.1, -0.05) is 18.2 Å². The van der Waals surface area contributed by atoms with E-state index in [9.17, 15) is 4.79 Å². The molecule has 5 heteroatoms. The summed E-state index contributed by atoms with van der Waals surface area (Å²) >= 11 is 1.69. The fourth-order valence-corrected chi connectivity index (χ4v) is 4.44. The molecule has 2 aliphatic rings. The van der Waals surface area contributed by atoms with E-state index in [4.69, 9.17) is 0 Å². The molecule has 0 fully saturated rings. The van der Waals surface area contributed by atoms with E-state index < -0.39 is 0 Å². The first-order chi connectivity index (χ1) is 10.3. The van der Waals surface area contributed by atoms with Crippen molar-refractivity contribution in [1.29, 1.82) is 0 Å². The van der Waals surface area contributed by atoms with Gasteiger partial charge in [-0.3, -0.25) is 4.79 Å². The number of amides is 1. The highest BCUT2D eigenvalue weighted by Gasteiger charge is 2.25. The fraction of sp³-hybridized carbons (Fsp3) is 0.353. The molecule has 4 rings (SSSR count). The van der Waals surface area contributed by atoms with Crippen LogP contribution in [0.4, 0.5) is 5.69 Å². The summed E-state index contributed by atoms with van der Waals surface area (Å²) in [5, 5.41) is 3.39. The molecular formula is C17H19ClN2OS. The van der Waals surface area contributed by atoms with Crippen molar-refractivity contribution in [2.75, 3.05) is 18.0 Å². The zero-order valence-corrected chi connectivity index (χ0v) is 13.9. The van der Waals surface area contributed by atoms with E-state index in [0.29, 0.717) is 0 Å². The number of fused-ring (bicyclic) bond motifs is 2. The molecular weight excluding hydrogens is 316 g/mol. The number of aryl methyl sites for hydroxylation is 2. The van der Waals surface area contributed by atoms with Crippen molar-refractivity contribution in [2.45, 2.75) is 25.8 Å². The van der Waals surface area contributed by atoms with Gasteiger partial charge in [-0.25, -0.2) is 0 Å². The van der Waals surface area contributed by atoms with Gasteiger partial charge in [0.05, 0.1) is 4.88 Å². The lowest BCUT2D eigenvalue weighted by Gasteiger charge is -2.21. The largest absolute Gasteiger partial charge is 0.311 e. The van der Waals surface area contributed by atoms with Gasteiger partial charge in [-0.05, 0) is 42.5 Å². The number of halogens is 1. The average Bonchev–Trinajstić information content (AvgIpc) is 3.02. The third-order valence-corrected chi connectivity index (χ3v) is 5.54. The van der Waals surface area contributed by atoms with Crippen molar-refractivity contribution in [3.63, 3.8) is 0 Å². The summed E-state index contributed by atoms with van der Waals surface area (Å²) in [6, 6.07) is 10.3. The Kier molecular flexibility index (Phi) is 4.52. The molecule has 22 heavy (non-hydrogen) atoms. The predicted octanol–water partition coefficient (Wildman–Crippen LogP) is 3.41. The molecule has 1 aromatic carbocycles. The van der Waals surface area contributed by atoms with Crippen LogP contribution < -0.4 is 10.2 Å². The van der Waals surface area contributed by atoms with Crippen molar-refractivity contribution in [3.8, 4) is 0 Å². The van der Waals surface area contributed by atoms with Crippen LogP contribution >= 0.6 is 23.7 Å². The number of nitrogens with one attached hydrogen (secondary N) is 1. The fourth-order valence-electron chi connectivity index (χ4n) is 3.24. The number of hydrogen-bond donors (Lipinski definition) is 1. The van der Waals surface area contributed by atoms with Gasteiger partial charge in [0.2, 0.25) is 0 Å². The number of hydrogen-bond acceptors (Lipinski definition) is 3. The molecule has 1 aliphatic carbocycles. The summed E-state index contributed by atoms with van der Waals surface area (Å²) in [6.45, 7) is 2.41. The number of carbonyl (C=O) groups excluding carboxylic acids is 1. The van der Waals surface area contributed by atoms with E-state index in [1.807, 2.05) is 17.0 Å². The second-order valence-corrected chi connectivity index (χ2v) is 6.81. The first kappa shape index (κ1) is 15.5. The van der Waals surface area contributed by atoms with Gasteiger partial charge in [-0.2, -0.15) is 0 Å². The molecule has 0 spiro atoms. The van der Waals surface area contributed by atoms with Gasteiger partial charge in [-0.15, -0.1) is 23.7 Å². The van der Waals surface area contributed by atoms with Crippen molar-refractivity contribution in [1.82, 2.24) is 5.32 Å². The lowest BCUT2D eigenvalue weighted by molar-refractivity contribution is 0.0991. The van der Waals surface area contributed by atoms with Crippen LogP contribution in [0.5, 0.6) is 0 Å². The van der Waals surface area contributed by atoms with E-state index in [1.165, 1.54) is 22.4 Å². The lowest BCUT2D eigenvalue weighted by Crippen LogP contribution is -2.34. The van der Waals surface area contributed by atoms with Crippen molar-refractivity contribution < 1.29 is 4.79 Å². The van der Waals surface area contributed by atoms with Crippen molar-refractivity contribution in [2.24, 2.45) is 0 Å². The quantitative estimate of drug-likeness (QED) is 0.866. The minimum Gasteiger partial charge on any atom is -0.311 e. The molecule has 2 aromatic rings. The average molecular weight is 335 g/mol. The Labute approximate surface area is 140 Å². The Balaban J connectivity index is 0.00000144. The van der Waals surface area contributed by atoms with E-state index in [-0.39, 0.29) is 18.3 Å². The first-order valence-electron chi connectivity index (χ1n) is 7.55. The first-order valence-corrected chi connectivity index (χ1v) is 8.36. The zero-order chi connectivity index (χ0) is 14.2. The van der Waals surface area contributed by atoms with Gasteiger partial charge in [0.1, 0.15) is 0 Å². The van der Waals surface area contributed by atoms with Crippen LogP contribution in [0, 0.1) is 0 Å². The van der Waals surface area contributed by atoms with E-state index in [2.05, 4.69) is 23.5 Å². The number of nitrogens with zero attached hydrogens (tertiary/aromatic N) is 1. The molecule has 0 unspecified atom stereocenters. The van der Waals surface area contributed by atoms with Gasteiger partial charge in [0.15, 0.2) is 0 Å². The normalized spacial score (nSPS) is 16.5. The molecule has 1 aliphatic heterocycles. The minimum absolute atomic E-state index is 0. The highest BCUT2D eigenvalue weighted by molar-refractivity contribution is 7.14. The number of anilines is 1. The van der Waals surface area contributed by atoms with Crippen LogP contribution in [-0.4, -0.2) is 19.0 Å². The maximum absolute atomic E-state index is 12.9. The summed E-state index contributed by atoms with van der Waals surface area (Å²) < 4.78 is 0. The molecule has 116 valence electrons. The van der Waals surface area contributed by atoms with Crippen LogP contribution in [0.2, 0.25) is 0 Å². The summed E-state index contributed by atoms with van der Waals surface area (Å²) in [5.41, 5.74) is 3.65. The van der Waals surface area contributed by atoms with Crippen LogP contribution in [0.1, 0.15) is 32.1 Å². The predicted molar refractivity (Wildman–Crippen MR) is 93.4 cm³/mol. The standard InChI is InChI=1S/C17H18N2OS.ClH/c20-17(16-10-12-5-3-7-15(12)21-16)19-9-8-18-11-13-4-1-2-6-14(13)19;/h1-2,4,6,10,18H,3,5,7-9,11H2;1H. The van der Waals surface area contributed by atoms with Gasteiger partial charge in [0, 0.05) is 30.2 Å². The molecule has 0 atom stereocenters. The molecule has 1 aromatic heterocycles. The topological polar surface area (TPSA) is 32.3 Å². The third kappa shape index (κ3) is 2.67. The van der Waals surface area contributed by atoms with Gasteiger partial charge >= 0.3 is 0 Å². The highest BCUT2D eigenvalue weighted by atomic mass is 35.5. The SMILES string of the molecule is Cl.O=C(c1cc2c(s1)CCC2)N1CCNCc2ccccc21. The van der Waals surface area contributed by atoms with Crippen molar-refractivity contribution >= 4 is 35.3 Å². The maximum Gasteiger partial charge on any atom is 0.268 e. The van der Waals surface area contributed by atoms with E-state index in [0.717, 1.165) is 43.0 Å². The summed E-state index contributed by atoms with van der Waals surface area (Å²) in [6.07, 6.45) is 3.52. The third-order valence-electron chi connectivity index (χ3n) is 4.31. The molecule has 1 N–H and O–H groups in total. The van der Waals surface area contributed by atoms with Gasteiger partial charge in [0.25, 0.3) is 5.91 Å². The Hall–Kier alpha value is -1.36. The summed E-state index contributed by atoms with van der Waals surface area (Å²) in [4.78, 5) is 17.2. The van der Waals surface area contributed by atoms with Crippen LogP contribution in [0.25, 0.3) is 0 Å².